The molecule has 3 nitrogen and oxygen atoms in total. The van der Waals surface area contributed by atoms with Crippen molar-refractivity contribution in [3.63, 3.8) is 0 Å². The molecule has 2 aromatic rings. The molecule has 1 heterocycles. The van der Waals surface area contributed by atoms with Crippen LogP contribution < -0.4 is 0 Å². The maximum atomic E-state index is 12.3. The SMILES string of the molecule is CCN(CCC(=O)c1ccccc1C)Cc1ccncc1. The number of ketones is 1. The van der Waals surface area contributed by atoms with Gasteiger partial charge in [0, 0.05) is 37.5 Å². The Hall–Kier alpha value is -2.00. The van der Waals surface area contributed by atoms with Gasteiger partial charge in [0.1, 0.15) is 0 Å². The van der Waals surface area contributed by atoms with E-state index in [9.17, 15) is 4.79 Å². The number of carbonyl (C=O) groups is 1. The van der Waals surface area contributed by atoms with E-state index in [1.807, 2.05) is 55.7 Å². The number of pyridine rings is 1. The summed E-state index contributed by atoms with van der Waals surface area (Å²) >= 11 is 0. The van der Waals surface area contributed by atoms with E-state index in [2.05, 4.69) is 16.8 Å². The summed E-state index contributed by atoms with van der Waals surface area (Å²) in [4.78, 5) is 18.6. The minimum Gasteiger partial charge on any atom is -0.299 e. The van der Waals surface area contributed by atoms with Gasteiger partial charge in [-0.15, -0.1) is 0 Å². The Balaban J connectivity index is 1.91. The van der Waals surface area contributed by atoms with Crippen molar-refractivity contribution in [1.82, 2.24) is 9.88 Å². The van der Waals surface area contributed by atoms with Gasteiger partial charge in [-0.2, -0.15) is 0 Å². The van der Waals surface area contributed by atoms with Gasteiger partial charge < -0.3 is 0 Å². The molecule has 0 bridgehead atoms. The van der Waals surface area contributed by atoms with E-state index in [0.29, 0.717) is 6.42 Å². The second-order valence-electron chi connectivity index (χ2n) is 5.21. The van der Waals surface area contributed by atoms with Gasteiger partial charge in [-0.1, -0.05) is 31.2 Å². The molecule has 0 aliphatic rings. The van der Waals surface area contributed by atoms with Crippen LogP contribution in [0.25, 0.3) is 0 Å². The van der Waals surface area contributed by atoms with E-state index < -0.39 is 0 Å². The summed E-state index contributed by atoms with van der Waals surface area (Å²) in [6, 6.07) is 11.8. The molecule has 21 heavy (non-hydrogen) atoms. The summed E-state index contributed by atoms with van der Waals surface area (Å²) in [5.41, 5.74) is 3.13. The molecular weight excluding hydrogens is 260 g/mol. The summed E-state index contributed by atoms with van der Waals surface area (Å²) < 4.78 is 0. The fourth-order valence-electron chi connectivity index (χ4n) is 2.38. The van der Waals surface area contributed by atoms with Crippen LogP contribution in [0.2, 0.25) is 0 Å². The monoisotopic (exact) mass is 282 g/mol. The smallest absolute Gasteiger partial charge is 0.164 e. The first-order chi connectivity index (χ1) is 10.2. The van der Waals surface area contributed by atoms with Crippen LogP contribution in [0.5, 0.6) is 0 Å². The number of rotatable bonds is 7. The molecule has 0 spiro atoms. The number of Topliss-reactive ketones (excluding diaryl/α,β-unsaturated/α-hetero) is 1. The van der Waals surface area contributed by atoms with Crippen molar-refractivity contribution in [1.29, 1.82) is 0 Å². The van der Waals surface area contributed by atoms with Crippen LogP contribution in [0.1, 0.15) is 34.8 Å². The number of carbonyl (C=O) groups excluding carboxylic acids is 1. The normalized spacial score (nSPS) is 10.8. The zero-order valence-electron chi connectivity index (χ0n) is 12.7. The lowest BCUT2D eigenvalue weighted by molar-refractivity contribution is 0.0963. The molecule has 0 N–H and O–H groups in total. The highest BCUT2D eigenvalue weighted by Gasteiger charge is 2.11. The second kappa shape index (κ2) is 7.70. The van der Waals surface area contributed by atoms with Crippen LogP contribution in [0.4, 0.5) is 0 Å². The third-order valence-corrected chi connectivity index (χ3v) is 3.70. The lowest BCUT2D eigenvalue weighted by Gasteiger charge is -2.20. The molecule has 0 saturated heterocycles. The van der Waals surface area contributed by atoms with Crippen molar-refractivity contribution in [3.05, 3.63) is 65.5 Å². The van der Waals surface area contributed by atoms with E-state index >= 15 is 0 Å². The fraction of sp³-hybridized carbons (Fsp3) is 0.333. The summed E-state index contributed by atoms with van der Waals surface area (Å²) in [6.07, 6.45) is 4.17. The number of aromatic nitrogens is 1. The Morgan fingerprint density at radius 3 is 2.52 bits per heavy atom. The highest BCUT2D eigenvalue weighted by atomic mass is 16.1. The van der Waals surface area contributed by atoms with Crippen LogP contribution in [0.3, 0.4) is 0 Å². The summed E-state index contributed by atoms with van der Waals surface area (Å²) in [5, 5.41) is 0. The van der Waals surface area contributed by atoms with Gasteiger partial charge >= 0.3 is 0 Å². The topological polar surface area (TPSA) is 33.2 Å². The molecule has 0 atom stereocenters. The molecule has 0 fully saturated rings. The van der Waals surface area contributed by atoms with E-state index in [0.717, 1.165) is 30.8 Å². The van der Waals surface area contributed by atoms with Gasteiger partial charge in [-0.05, 0) is 36.7 Å². The van der Waals surface area contributed by atoms with Crippen LogP contribution in [0, 0.1) is 6.92 Å². The predicted molar refractivity (Wildman–Crippen MR) is 85.3 cm³/mol. The number of hydrogen-bond donors (Lipinski definition) is 0. The van der Waals surface area contributed by atoms with Crippen molar-refractivity contribution >= 4 is 5.78 Å². The van der Waals surface area contributed by atoms with E-state index in [1.54, 1.807) is 0 Å². The first kappa shape index (κ1) is 15.4. The minimum atomic E-state index is 0.223. The third kappa shape index (κ3) is 4.50. The molecule has 0 unspecified atom stereocenters. The molecular formula is C18H22N2O. The van der Waals surface area contributed by atoms with Crippen molar-refractivity contribution in [2.75, 3.05) is 13.1 Å². The van der Waals surface area contributed by atoms with Gasteiger partial charge in [0.25, 0.3) is 0 Å². The lowest BCUT2D eigenvalue weighted by atomic mass is 10.0. The number of aryl methyl sites for hydroxylation is 1. The minimum absolute atomic E-state index is 0.223. The Labute approximate surface area is 126 Å². The van der Waals surface area contributed by atoms with Gasteiger partial charge in [0.05, 0.1) is 0 Å². The quantitative estimate of drug-likeness (QED) is 0.729. The second-order valence-corrected chi connectivity index (χ2v) is 5.21. The molecule has 0 saturated carbocycles. The molecule has 0 aliphatic carbocycles. The van der Waals surface area contributed by atoms with E-state index in [4.69, 9.17) is 0 Å². The molecule has 1 aromatic carbocycles. The third-order valence-electron chi connectivity index (χ3n) is 3.70. The van der Waals surface area contributed by atoms with E-state index in [-0.39, 0.29) is 5.78 Å². The van der Waals surface area contributed by atoms with Gasteiger partial charge in [0.2, 0.25) is 0 Å². The molecule has 2 rings (SSSR count). The van der Waals surface area contributed by atoms with Crippen molar-refractivity contribution in [2.45, 2.75) is 26.8 Å². The zero-order valence-corrected chi connectivity index (χ0v) is 12.7. The van der Waals surface area contributed by atoms with E-state index in [1.165, 1.54) is 5.56 Å². The first-order valence-corrected chi connectivity index (χ1v) is 7.40. The van der Waals surface area contributed by atoms with Crippen molar-refractivity contribution in [3.8, 4) is 0 Å². The molecule has 3 heteroatoms. The number of benzene rings is 1. The maximum Gasteiger partial charge on any atom is 0.164 e. The van der Waals surface area contributed by atoms with Crippen LogP contribution in [0.15, 0.2) is 48.8 Å². The van der Waals surface area contributed by atoms with Gasteiger partial charge in [-0.25, -0.2) is 0 Å². The first-order valence-electron chi connectivity index (χ1n) is 7.40. The molecule has 110 valence electrons. The van der Waals surface area contributed by atoms with Crippen molar-refractivity contribution in [2.24, 2.45) is 0 Å². The molecule has 0 aliphatic heterocycles. The Morgan fingerprint density at radius 1 is 1.14 bits per heavy atom. The average Bonchev–Trinajstić information content (AvgIpc) is 2.52. The Morgan fingerprint density at radius 2 is 1.86 bits per heavy atom. The highest BCUT2D eigenvalue weighted by Crippen LogP contribution is 2.11. The van der Waals surface area contributed by atoms with Crippen LogP contribution in [-0.4, -0.2) is 28.8 Å². The van der Waals surface area contributed by atoms with Crippen LogP contribution in [-0.2, 0) is 6.54 Å². The summed E-state index contributed by atoms with van der Waals surface area (Å²) in [7, 11) is 0. The predicted octanol–water partition coefficient (Wildman–Crippen LogP) is 3.48. The Kier molecular flexibility index (Phi) is 5.64. The number of hydrogen-bond acceptors (Lipinski definition) is 3. The molecule has 1 aromatic heterocycles. The average molecular weight is 282 g/mol. The highest BCUT2D eigenvalue weighted by molar-refractivity contribution is 5.97. The summed E-state index contributed by atoms with van der Waals surface area (Å²) in [5.74, 6) is 0.223. The standard InChI is InChI=1S/C18H22N2O/c1-3-20(14-16-8-11-19-12-9-16)13-10-18(21)17-7-5-4-6-15(17)2/h4-9,11-12H,3,10,13-14H2,1-2H3. The fourth-order valence-corrected chi connectivity index (χ4v) is 2.38. The summed E-state index contributed by atoms with van der Waals surface area (Å²) in [6.45, 7) is 6.69. The van der Waals surface area contributed by atoms with Crippen molar-refractivity contribution < 1.29 is 4.79 Å². The zero-order chi connectivity index (χ0) is 15.1. The largest absolute Gasteiger partial charge is 0.299 e. The molecule has 0 radical (unpaired) electrons. The Bertz CT molecular complexity index is 581. The molecule has 0 amide bonds. The van der Waals surface area contributed by atoms with Gasteiger partial charge in [0.15, 0.2) is 5.78 Å². The maximum absolute atomic E-state index is 12.3. The lowest BCUT2D eigenvalue weighted by Crippen LogP contribution is -2.26. The van der Waals surface area contributed by atoms with Gasteiger partial charge in [-0.3, -0.25) is 14.7 Å². The number of nitrogens with zero attached hydrogens (tertiary/aromatic N) is 2. The van der Waals surface area contributed by atoms with Crippen LogP contribution >= 0.6 is 0 Å².